The topological polar surface area (TPSA) is 77.1 Å². The monoisotopic (exact) mass is 254 g/mol. The fraction of sp³-hybridized carbons (Fsp3) is 0.364. The molecule has 1 rings (SSSR count). The minimum Gasteiger partial charge on any atom is -0.481 e. The number of carbonyl (C=O) groups is 1. The lowest BCUT2D eigenvalue weighted by atomic mass is 10.1. The van der Waals surface area contributed by atoms with Crippen LogP contribution in [0, 0.1) is 0 Å². The van der Waals surface area contributed by atoms with Crippen molar-refractivity contribution in [1.29, 1.82) is 0 Å². The summed E-state index contributed by atoms with van der Waals surface area (Å²) >= 11 is 0. The molecule has 0 saturated carbocycles. The maximum Gasteiger partial charge on any atom is 0.358 e. The zero-order valence-corrected chi connectivity index (χ0v) is 10.7. The van der Waals surface area contributed by atoms with Crippen molar-refractivity contribution in [2.24, 2.45) is 0 Å². The number of hydrogen-bond donors (Lipinski definition) is 3. The number of allylic oxidation sites excluding steroid dienone is 2. The molecule has 18 heavy (non-hydrogen) atoms. The minimum absolute atomic E-state index is 0.215. The SMILES string of the molecule is C=CC(=C\C)/C(CO)=C(\OC)N1NNN(C)C1=O. The molecule has 7 heteroatoms. The molecule has 0 radical (unpaired) electrons. The molecule has 1 aliphatic heterocycles. The van der Waals surface area contributed by atoms with Gasteiger partial charge in [-0.15, -0.1) is 11.1 Å². The van der Waals surface area contributed by atoms with E-state index in [4.69, 9.17) is 4.74 Å². The van der Waals surface area contributed by atoms with Gasteiger partial charge >= 0.3 is 6.03 Å². The van der Waals surface area contributed by atoms with Gasteiger partial charge < -0.3 is 9.84 Å². The third-order valence-corrected chi connectivity index (χ3v) is 2.50. The summed E-state index contributed by atoms with van der Waals surface area (Å²) < 4.78 is 5.20. The van der Waals surface area contributed by atoms with E-state index in [0.717, 1.165) is 0 Å². The van der Waals surface area contributed by atoms with Crippen LogP contribution < -0.4 is 11.1 Å². The summed E-state index contributed by atoms with van der Waals surface area (Å²) in [7, 11) is 2.99. The van der Waals surface area contributed by atoms with E-state index in [0.29, 0.717) is 11.1 Å². The van der Waals surface area contributed by atoms with Crippen LogP contribution in [0.4, 0.5) is 4.79 Å². The van der Waals surface area contributed by atoms with Crippen LogP contribution in [-0.4, -0.2) is 41.9 Å². The molecule has 1 saturated heterocycles. The van der Waals surface area contributed by atoms with Gasteiger partial charge in [-0.3, -0.25) is 0 Å². The lowest BCUT2D eigenvalue weighted by molar-refractivity contribution is 0.134. The third kappa shape index (κ3) is 2.53. The van der Waals surface area contributed by atoms with Crippen molar-refractivity contribution in [2.45, 2.75) is 6.92 Å². The van der Waals surface area contributed by atoms with E-state index < -0.39 is 0 Å². The number of ether oxygens (including phenoxy) is 1. The van der Waals surface area contributed by atoms with Gasteiger partial charge in [-0.05, 0) is 12.5 Å². The molecule has 1 aliphatic rings. The minimum atomic E-state index is -0.350. The predicted octanol–water partition coefficient (Wildman–Crippen LogP) is 0.261. The number of aliphatic hydroxyl groups excluding tert-OH is 1. The second kappa shape index (κ2) is 6.20. The van der Waals surface area contributed by atoms with Gasteiger partial charge in [-0.1, -0.05) is 18.7 Å². The first-order chi connectivity index (χ1) is 8.60. The van der Waals surface area contributed by atoms with Crippen molar-refractivity contribution in [2.75, 3.05) is 20.8 Å². The largest absolute Gasteiger partial charge is 0.481 e. The highest BCUT2D eigenvalue weighted by molar-refractivity contribution is 5.76. The molecule has 1 heterocycles. The summed E-state index contributed by atoms with van der Waals surface area (Å²) in [5, 5.41) is 11.9. The summed E-state index contributed by atoms with van der Waals surface area (Å²) in [5.41, 5.74) is 6.39. The van der Waals surface area contributed by atoms with Gasteiger partial charge in [0, 0.05) is 12.6 Å². The predicted molar refractivity (Wildman–Crippen MR) is 66.3 cm³/mol. The van der Waals surface area contributed by atoms with Crippen LogP contribution >= 0.6 is 0 Å². The maximum atomic E-state index is 11.8. The molecular weight excluding hydrogens is 236 g/mol. The van der Waals surface area contributed by atoms with Gasteiger partial charge in [0.25, 0.3) is 0 Å². The average molecular weight is 254 g/mol. The molecule has 100 valence electrons. The van der Waals surface area contributed by atoms with Crippen molar-refractivity contribution in [3.8, 4) is 0 Å². The van der Waals surface area contributed by atoms with Crippen molar-refractivity contribution < 1.29 is 14.6 Å². The molecule has 2 amide bonds. The number of urea groups is 1. The Balaban J connectivity index is 3.20. The van der Waals surface area contributed by atoms with Crippen LogP contribution in [0.25, 0.3) is 0 Å². The number of nitrogens with zero attached hydrogens (tertiary/aromatic N) is 2. The number of carbonyl (C=O) groups excluding carboxylic acids is 1. The molecule has 7 nitrogen and oxygen atoms in total. The quantitative estimate of drug-likeness (QED) is 0.484. The van der Waals surface area contributed by atoms with E-state index in [2.05, 4.69) is 17.6 Å². The maximum absolute atomic E-state index is 11.8. The number of rotatable bonds is 5. The van der Waals surface area contributed by atoms with E-state index in [9.17, 15) is 9.90 Å². The first-order valence-corrected chi connectivity index (χ1v) is 5.36. The number of nitrogens with one attached hydrogen (secondary N) is 2. The highest BCUT2D eigenvalue weighted by Gasteiger charge is 2.31. The van der Waals surface area contributed by atoms with E-state index in [1.807, 2.05) is 6.92 Å². The molecule has 0 unspecified atom stereocenters. The van der Waals surface area contributed by atoms with Crippen molar-refractivity contribution >= 4 is 6.03 Å². The standard InChI is InChI=1S/C11H18N4O3/c1-5-8(6-2)9(7-16)10(18-4)15-11(17)14(3)12-13-15/h5-6,12-13,16H,1,7H2,2-4H3/b8-6+,10-9-. The molecule has 0 spiro atoms. The Morgan fingerprint density at radius 2 is 2.22 bits per heavy atom. The Labute approximate surface area is 106 Å². The number of hydrazine groups is 3. The number of amides is 2. The summed E-state index contributed by atoms with van der Waals surface area (Å²) in [6.07, 6.45) is 3.36. The molecule has 3 N–H and O–H groups in total. The van der Waals surface area contributed by atoms with Gasteiger partial charge in [0.2, 0.25) is 5.88 Å². The molecule has 0 aromatic carbocycles. The van der Waals surface area contributed by atoms with E-state index in [1.54, 1.807) is 19.2 Å². The molecule has 0 atom stereocenters. The van der Waals surface area contributed by atoms with Gasteiger partial charge in [0.1, 0.15) is 0 Å². The number of hydrogen-bond acceptors (Lipinski definition) is 5. The van der Waals surface area contributed by atoms with Crippen molar-refractivity contribution in [1.82, 2.24) is 21.1 Å². The van der Waals surface area contributed by atoms with Gasteiger partial charge in [-0.25, -0.2) is 9.80 Å². The van der Waals surface area contributed by atoms with Gasteiger partial charge in [-0.2, -0.15) is 5.01 Å². The molecular formula is C11H18N4O3. The first kappa shape index (κ1) is 14.2. The molecule has 0 bridgehead atoms. The van der Waals surface area contributed by atoms with Crippen LogP contribution in [0.15, 0.2) is 35.8 Å². The van der Waals surface area contributed by atoms with Crippen LogP contribution in [0.1, 0.15) is 6.92 Å². The fourth-order valence-corrected chi connectivity index (χ4v) is 1.56. The van der Waals surface area contributed by atoms with Crippen LogP contribution in [0.3, 0.4) is 0 Å². The van der Waals surface area contributed by atoms with Crippen molar-refractivity contribution in [3.63, 3.8) is 0 Å². The van der Waals surface area contributed by atoms with Crippen LogP contribution in [0.5, 0.6) is 0 Å². The summed E-state index contributed by atoms with van der Waals surface area (Å²) in [4.78, 5) is 11.8. The second-order valence-electron chi connectivity index (χ2n) is 3.49. The Morgan fingerprint density at radius 1 is 1.56 bits per heavy atom. The summed E-state index contributed by atoms with van der Waals surface area (Å²) in [6, 6.07) is -0.350. The van der Waals surface area contributed by atoms with E-state index in [-0.39, 0.29) is 18.5 Å². The third-order valence-electron chi connectivity index (χ3n) is 2.50. The average Bonchev–Trinajstić information content (AvgIpc) is 2.71. The number of aliphatic hydroxyl groups is 1. The van der Waals surface area contributed by atoms with Crippen LogP contribution in [-0.2, 0) is 4.74 Å². The number of methoxy groups -OCH3 is 1. The smallest absolute Gasteiger partial charge is 0.358 e. The van der Waals surface area contributed by atoms with Gasteiger partial charge in [0.15, 0.2) is 0 Å². The highest BCUT2D eigenvalue weighted by atomic mass is 16.5. The Morgan fingerprint density at radius 3 is 2.56 bits per heavy atom. The van der Waals surface area contributed by atoms with E-state index >= 15 is 0 Å². The Hall–Kier alpha value is -1.83. The van der Waals surface area contributed by atoms with E-state index in [1.165, 1.54) is 17.1 Å². The molecule has 1 fully saturated rings. The summed E-state index contributed by atoms with van der Waals surface area (Å²) in [6.45, 7) is 5.19. The second-order valence-corrected chi connectivity index (χ2v) is 3.49. The zero-order valence-electron chi connectivity index (χ0n) is 10.7. The van der Waals surface area contributed by atoms with Gasteiger partial charge in [0.05, 0.1) is 13.7 Å². The first-order valence-electron chi connectivity index (χ1n) is 5.36. The summed E-state index contributed by atoms with van der Waals surface area (Å²) in [5.74, 6) is 0.215. The zero-order chi connectivity index (χ0) is 13.7. The normalized spacial score (nSPS) is 18.0. The highest BCUT2D eigenvalue weighted by Crippen LogP contribution is 2.20. The molecule has 0 aromatic rings. The molecule has 0 aromatic heterocycles. The van der Waals surface area contributed by atoms with Crippen molar-refractivity contribution in [3.05, 3.63) is 35.8 Å². The Kier molecular flexibility index (Phi) is 4.90. The Bertz CT molecular complexity index is 403. The van der Waals surface area contributed by atoms with Crippen LogP contribution in [0.2, 0.25) is 0 Å². The lowest BCUT2D eigenvalue weighted by Crippen LogP contribution is -2.38. The molecule has 0 aliphatic carbocycles. The lowest BCUT2D eigenvalue weighted by Gasteiger charge is -2.20. The fourth-order valence-electron chi connectivity index (χ4n) is 1.56.